The van der Waals surface area contributed by atoms with Crippen molar-refractivity contribution in [1.29, 1.82) is 0 Å². The van der Waals surface area contributed by atoms with Gasteiger partial charge in [0, 0.05) is 19.8 Å². The fraction of sp³-hybridized carbons (Fsp3) is 0.333. The molecule has 0 fully saturated rings. The highest BCUT2D eigenvalue weighted by Gasteiger charge is 2.17. The highest BCUT2D eigenvalue weighted by atomic mass is 16.4. The lowest BCUT2D eigenvalue weighted by atomic mass is 10.3. The van der Waals surface area contributed by atoms with Crippen LogP contribution in [0.3, 0.4) is 0 Å². The van der Waals surface area contributed by atoms with E-state index in [9.17, 15) is 14.4 Å². The third-order valence-electron chi connectivity index (χ3n) is 2.35. The quantitative estimate of drug-likeness (QED) is 0.722. The monoisotopic (exact) mass is 280 g/mol. The van der Waals surface area contributed by atoms with Gasteiger partial charge >= 0.3 is 12.0 Å². The topological polar surface area (TPSA) is 112 Å². The Kier molecular flexibility index (Phi) is 5.45. The average molecular weight is 280 g/mol. The Hall–Kier alpha value is -2.64. The number of carboxylic acids is 1. The molecule has 0 aromatic carbocycles. The molecule has 0 saturated carbocycles. The molecule has 0 aliphatic carbocycles. The smallest absolute Gasteiger partial charge is 0.356 e. The van der Waals surface area contributed by atoms with Gasteiger partial charge in [0.25, 0.3) is 0 Å². The number of hydrogen-bond donors (Lipinski definition) is 3. The van der Waals surface area contributed by atoms with Gasteiger partial charge in [-0.25, -0.2) is 14.6 Å². The number of carbonyl (C=O) groups is 3. The van der Waals surface area contributed by atoms with Crippen molar-refractivity contribution < 1.29 is 19.5 Å². The summed E-state index contributed by atoms with van der Waals surface area (Å²) in [7, 11) is 1.43. The molecule has 3 N–H and O–H groups in total. The van der Waals surface area contributed by atoms with Crippen molar-refractivity contribution in [3.63, 3.8) is 0 Å². The normalized spacial score (nSPS) is 9.70. The fourth-order valence-corrected chi connectivity index (χ4v) is 1.43. The van der Waals surface area contributed by atoms with E-state index in [-0.39, 0.29) is 23.8 Å². The highest BCUT2D eigenvalue weighted by molar-refractivity contribution is 5.99. The predicted octanol–water partition coefficient (Wildman–Crippen LogP) is 0.380. The van der Waals surface area contributed by atoms with E-state index in [0.717, 1.165) is 4.90 Å². The van der Waals surface area contributed by atoms with Gasteiger partial charge in [-0.1, -0.05) is 0 Å². The average Bonchev–Trinajstić information content (AvgIpc) is 2.39. The molecule has 8 nitrogen and oxygen atoms in total. The summed E-state index contributed by atoms with van der Waals surface area (Å²) in [5.41, 5.74) is -0.181. The summed E-state index contributed by atoms with van der Waals surface area (Å²) in [6.07, 6.45) is 1.32. The molecule has 0 atom stereocenters. The number of aromatic carboxylic acids is 1. The van der Waals surface area contributed by atoms with Gasteiger partial charge in [-0.05, 0) is 19.1 Å². The molecular weight excluding hydrogens is 264 g/mol. The number of likely N-dealkylation sites (N-methyl/N-ethyl adjacent to an activating group) is 2. The van der Waals surface area contributed by atoms with Gasteiger partial charge in [-0.3, -0.25) is 4.79 Å². The maximum Gasteiger partial charge on any atom is 0.356 e. The number of nitrogens with one attached hydrogen (secondary N) is 2. The minimum atomic E-state index is -1.24. The van der Waals surface area contributed by atoms with Gasteiger partial charge in [0.1, 0.15) is 6.54 Å². The second-order valence-corrected chi connectivity index (χ2v) is 3.94. The third kappa shape index (κ3) is 4.23. The molecule has 0 bridgehead atoms. The third-order valence-corrected chi connectivity index (χ3v) is 2.35. The van der Waals surface area contributed by atoms with E-state index >= 15 is 0 Å². The summed E-state index contributed by atoms with van der Waals surface area (Å²) in [6, 6.07) is 2.34. The predicted molar refractivity (Wildman–Crippen MR) is 71.5 cm³/mol. The number of carbonyl (C=O) groups excluding carboxylic acids is 2. The molecule has 0 aliphatic rings. The molecule has 1 heterocycles. The number of rotatable bonds is 5. The largest absolute Gasteiger partial charge is 0.476 e. The standard InChI is InChI=1S/C12H16N4O4/c1-3-13-9(17)7-16(2)12(20)15-8-5-4-6-14-10(8)11(18)19/h4-6H,3,7H2,1-2H3,(H,13,17)(H,15,20)(H,18,19). The van der Waals surface area contributed by atoms with Gasteiger partial charge in [-0.2, -0.15) is 0 Å². The van der Waals surface area contributed by atoms with Gasteiger partial charge in [0.2, 0.25) is 5.91 Å². The van der Waals surface area contributed by atoms with E-state index in [1.807, 2.05) is 0 Å². The first-order valence-corrected chi connectivity index (χ1v) is 5.92. The molecule has 8 heteroatoms. The molecule has 0 aliphatic heterocycles. The lowest BCUT2D eigenvalue weighted by Crippen LogP contribution is -2.40. The summed E-state index contributed by atoms with van der Waals surface area (Å²) in [6.45, 7) is 2.12. The van der Waals surface area contributed by atoms with Crippen LogP contribution in [0.2, 0.25) is 0 Å². The molecule has 0 radical (unpaired) electrons. The van der Waals surface area contributed by atoms with Crippen molar-refractivity contribution in [3.05, 3.63) is 24.0 Å². The van der Waals surface area contributed by atoms with E-state index < -0.39 is 12.0 Å². The molecule has 108 valence electrons. The number of nitrogens with zero attached hydrogens (tertiary/aromatic N) is 2. The van der Waals surface area contributed by atoms with Crippen LogP contribution in [0, 0.1) is 0 Å². The summed E-state index contributed by atoms with van der Waals surface area (Å²) in [5.74, 6) is -1.54. The Bertz CT molecular complexity index is 518. The first kappa shape index (κ1) is 15.4. The number of amides is 3. The molecule has 1 aromatic rings. The Morgan fingerprint density at radius 3 is 2.70 bits per heavy atom. The van der Waals surface area contributed by atoms with E-state index in [4.69, 9.17) is 5.11 Å². The van der Waals surface area contributed by atoms with Crippen LogP contribution >= 0.6 is 0 Å². The first-order valence-electron chi connectivity index (χ1n) is 5.92. The van der Waals surface area contributed by atoms with E-state index in [1.165, 1.54) is 25.4 Å². The van der Waals surface area contributed by atoms with Gasteiger partial charge < -0.3 is 20.6 Å². The van der Waals surface area contributed by atoms with Crippen LogP contribution in [0.4, 0.5) is 10.5 Å². The van der Waals surface area contributed by atoms with Crippen molar-refractivity contribution in [2.75, 3.05) is 25.5 Å². The maximum absolute atomic E-state index is 11.8. The van der Waals surface area contributed by atoms with Crippen LogP contribution in [0.1, 0.15) is 17.4 Å². The summed E-state index contributed by atoms with van der Waals surface area (Å²) >= 11 is 0. The van der Waals surface area contributed by atoms with Crippen molar-refractivity contribution in [1.82, 2.24) is 15.2 Å². The van der Waals surface area contributed by atoms with Gasteiger partial charge in [0.15, 0.2) is 5.69 Å². The zero-order chi connectivity index (χ0) is 15.1. The van der Waals surface area contributed by atoms with Crippen molar-refractivity contribution in [2.24, 2.45) is 0 Å². The zero-order valence-corrected chi connectivity index (χ0v) is 11.2. The number of hydrogen-bond acceptors (Lipinski definition) is 4. The minimum absolute atomic E-state index is 0.0766. The SMILES string of the molecule is CCNC(=O)CN(C)C(=O)Nc1cccnc1C(=O)O. The Morgan fingerprint density at radius 1 is 1.40 bits per heavy atom. The molecule has 1 aromatic heterocycles. The van der Waals surface area contributed by atoms with Crippen molar-refractivity contribution >= 4 is 23.6 Å². The number of pyridine rings is 1. The molecule has 20 heavy (non-hydrogen) atoms. The fourth-order valence-electron chi connectivity index (χ4n) is 1.43. The molecule has 0 spiro atoms. The van der Waals surface area contributed by atoms with E-state index in [0.29, 0.717) is 6.54 Å². The van der Waals surface area contributed by atoms with Gasteiger partial charge in [-0.15, -0.1) is 0 Å². The second kappa shape index (κ2) is 7.07. The Morgan fingerprint density at radius 2 is 2.10 bits per heavy atom. The number of anilines is 1. The summed E-state index contributed by atoms with van der Waals surface area (Å²) < 4.78 is 0. The Balaban J connectivity index is 2.71. The molecule has 0 saturated heterocycles. The van der Waals surface area contributed by atoms with Crippen molar-refractivity contribution in [2.45, 2.75) is 6.92 Å². The molecular formula is C12H16N4O4. The highest BCUT2D eigenvalue weighted by Crippen LogP contribution is 2.12. The molecule has 0 unspecified atom stereocenters. The zero-order valence-electron chi connectivity index (χ0n) is 11.2. The Labute approximate surface area is 115 Å². The maximum atomic E-state index is 11.8. The van der Waals surface area contributed by atoms with Crippen LogP contribution in [0.15, 0.2) is 18.3 Å². The molecule has 1 rings (SSSR count). The van der Waals surface area contributed by atoms with E-state index in [2.05, 4.69) is 15.6 Å². The summed E-state index contributed by atoms with van der Waals surface area (Å²) in [4.78, 5) is 38.9. The van der Waals surface area contributed by atoms with Gasteiger partial charge in [0.05, 0.1) is 5.69 Å². The minimum Gasteiger partial charge on any atom is -0.476 e. The number of carboxylic acid groups (broad SMARTS) is 1. The van der Waals surface area contributed by atoms with Crippen LogP contribution in [-0.2, 0) is 4.79 Å². The van der Waals surface area contributed by atoms with E-state index in [1.54, 1.807) is 6.92 Å². The van der Waals surface area contributed by atoms with Crippen LogP contribution in [-0.4, -0.2) is 53.0 Å². The first-order chi connectivity index (χ1) is 9.45. The lowest BCUT2D eigenvalue weighted by molar-refractivity contribution is -0.121. The summed E-state index contributed by atoms with van der Waals surface area (Å²) in [5, 5.41) is 13.9. The number of aromatic nitrogens is 1. The number of urea groups is 1. The lowest BCUT2D eigenvalue weighted by Gasteiger charge is -2.17. The molecule has 3 amide bonds. The second-order valence-electron chi connectivity index (χ2n) is 3.94. The van der Waals surface area contributed by atoms with Crippen molar-refractivity contribution in [3.8, 4) is 0 Å². The van der Waals surface area contributed by atoms with Crippen LogP contribution < -0.4 is 10.6 Å². The van der Waals surface area contributed by atoms with Crippen LogP contribution in [0.5, 0.6) is 0 Å². The van der Waals surface area contributed by atoms with Crippen LogP contribution in [0.25, 0.3) is 0 Å².